The van der Waals surface area contributed by atoms with E-state index in [2.05, 4.69) is 21.5 Å². The standard InChI is InChI=1S/C22H21N7O/c23-13-29-11-10-16(12-29)28-22-19(21(25)26-14-27-22)20(24)15-6-8-18(9-7-15)30-17-4-2-1-3-5-17/h1-9,14,16,24H,10-12H2,(H3,25,26,27,28). The summed E-state index contributed by atoms with van der Waals surface area (Å²) in [6.07, 6.45) is 4.35. The van der Waals surface area contributed by atoms with E-state index in [-0.39, 0.29) is 17.6 Å². The van der Waals surface area contributed by atoms with E-state index in [0.717, 1.165) is 12.2 Å². The lowest BCUT2D eigenvalue weighted by atomic mass is 10.0. The van der Waals surface area contributed by atoms with E-state index in [0.29, 0.717) is 35.8 Å². The molecule has 2 heterocycles. The zero-order valence-electron chi connectivity index (χ0n) is 16.2. The number of anilines is 2. The molecule has 1 fully saturated rings. The quantitative estimate of drug-likeness (QED) is 0.429. The number of benzene rings is 2. The number of aromatic nitrogens is 2. The Morgan fingerprint density at radius 1 is 1.13 bits per heavy atom. The third-order valence-electron chi connectivity index (χ3n) is 4.92. The minimum atomic E-state index is 0.0622. The maximum atomic E-state index is 9.06. The number of hydrogen-bond donors (Lipinski definition) is 3. The van der Waals surface area contributed by atoms with Gasteiger partial charge in [-0.1, -0.05) is 18.2 Å². The Kier molecular flexibility index (Phi) is 5.44. The maximum Gasteiger partial charge on any atom is 0.179 e. The molecule has 0 amide bonds. The molecule has 0 radical (unpaired) electrons. The van der Waals surface area contributed by atoms with Crippen LogP contribution in [0.3, 0.4) is 0 Å². The fourth-order valence-corrected chi connectivity index (χ4v) is 3.38. The molecule has 4 N–H and O–H groups in total. The summed E-state index contributed by atoms with van der Waals surface area (Å²) in [7, 11) is 0. The number of ether oxygens (including phenoxy) is 1. The monoisotopic (exact) mass is 399 g/mol. The number of nitrogens with one attached hydrogen (secondary N) is 2. The molecule has 0 spiro atoms. The summed E-state index contributed by atoms with van der Waals surface area (Å²) in [4.78, 5) is 10.1. The van der Waals surface area contributed by atoms with Crippen LogP contribution in [0.4, 0.5) is 11.6 Å². The molecule has 2 aromatic carbocycles. The average Bonchev–Trinajstić information content (AvgIpc) is 3.22. The molecule has 1 aromatic heterocycles. The molecule has 1 saturated heterocycles. The van der Waals surface area contributed by atoms with E-state index in [1.54, 1.807) is 4.90 Å². The Bertz CT molecular complexity index is 1080. The Morgan fingerprint density at radius 2 is 1.87 bits per heavy atom. The van der Waals surface area contributed by atoms with Crippen molar-refractivity contribution in [3.05, 3.63) is 72.1 Å². The number of para-hydroxylation sites is 1. The lowest BCUT2D eigenvalue weighted by molar-refractivity contribution is 0.482. The molecule has 1 aliphatic heterocycles. The summed E-state index contributed by atoms with van der Waals surface area (Å²) < 4.78 is 5.81. The molecule has 150 valence electrons. The van der Waals surface area contributed by atoms with Crippen LogP contribution in [0.25, 0.3) is 0 Å². The van der Waals surface area contributed by atoms with Crippen molar-refractivity contribution in [2.75, 3.05) is 24.1 Å². The van der Waals surface area contributed by atoms with Gasteiger partial charge in [0.1, 0.15) is 29.5 Å². The van der Waals surface area contributed by atoms with Crippen LogP contribution in [0.5, 0.6) is 11.5 Å². The second-order valence-corrected chi connectivity index (χ2v) is 6.97. The number of hydrogen-bond acceptors (Lipinski definition) is 8. The number of nitriles is 1. The number of nitrogens with two attached hydrogens (primary N) is 1. The molecule has 1 atom stereocenters. The lowest BCUT2D eigenvalue weighted by Crippen LogP contribution is -2.25. The topological polar surface area (TPSA) is 124 Å². The van der Waals surface area contributed by atoms with E-state index in [4.69, 9.17) is 21.1 Å². The third kappa shape index (κ3) is 4.15. The summed E-state index contributed by atoms with van der Waals surface area (Å²) in [5.41, 5.74) is 7.44. The fourth-order valence-electron chi connectivity index (χ4n) is 3.38. The van der Waals surface area contributed by atoms with Gasteiger partial charge in [-0.3, -0.25) is 5.41 Å². The van der Waals surface area contributed by atoms with Crippen LogP contribution in [0, 0.1) is 16.9 Å². The van der Waals surface area contributed by atoms with Crippen LogP contribution < -0.4 is 15.8 Å². The number of likely N-dealkylation sites (tertiary alicyclic amines) is 1. The molecule has 1 aliphatic rings. The Hall–Kier alpha value is -4.12. The number of rotatable bonds is 6. The van der Waals surface area contributed by atoms with Gasteiger partial charge in [-0.25, -0.2) is 9.97 Å². The van der Waals surface area contributed by atoms with Crippen molar-refractivity contribution in [1.29, 1.82) is 10.7 Å². The van der Waals surface area contributed by atoms with Gasteiger partial charge in [0.25, 0.3) is 0 Å². The minimum absolute atomic E-state index is 0.0622. The predicted molar refractivity (Wildman–Crippen MR) is 115 cm³/mol. The Balaban J connectivity index is 1.53. The Labute approximate surface area is 174 Å². The van der Waals surface area contributed by atoms with Crippen molar-refractivity contribution in [3.8, 4) is 17.7 Å². The highest BCUT2D eigenvalue weighted by Crippen LogP contribution is 2.26. The summed E-state index contributed by atoms with van der Waals surface area (Å²) in [5.74, 6) is 2.16. The summed E-state index contributed by atoms with van der Waals surface area (Å²) in [6.45, 7) is 1.29. The predicted octanol–water partition coefficient (Wildman–Crippen LogP) is 3.23. The molecule has 0 aliphatic carbocycles. The third-order valence-corrected chi connectivity index (χ3v) is 4.92. The van der Waals surface area contributed by atoms with E-state index in [1.807, 2.05) is 54.6 Å². The Morgan fingerprint density at radius 3 is 2.57 bits per heavy atom. The van der Waals surface area contributed by atoms with E-state index in [9.17, 15) is 0 Å². The molecule has 8 nitrogen and oxygen atoms in total. The summed E-state index contributed by atoms with van der Waals surface area (Å²) >= 11 is 0. The summed E-state index contributed by atoms with van der Waals surface area (Å²) in [6, 6.07) is 16.8. The van der Waals surface area contributed by atoms with Gasteiger partial charge in [0.15, 0.2) is 6.19 Å². The molecule has 1 unspecified atom stereocenters. The normalized spacial score (nSPS) is 15.4. The molecule has 8 heteroatoms. The van der Waals surface area contributed by atoms with Crippen LogP contribution in [0.1, 0.15) is 17.5 Å². The fraction of sp³-hybridized carbons (Fsp3) is 0.182. The van der Waals surface area contributed by atoms with Crippen molar-refractivity contribution in [1.82, 2.24) is 14.9 Å². The second-order valence-electron chi connectivity index (χ2n) is 6.97. The van der Waals surface area contributed by atoms with Crippen molar-refractivity contribution < 1.29 is 4.74 Å². The van der Waals surface area contributed by atoms with E-state index < -0.39 is 0 Å². The first-order valence-corrected chi connectivity index (χ1v) is 9.58. The van der Waals surface area contributed by atoms with Gasteiger partial charge in [-0.05, 0) is 42.8 Å². The van der Waals surface area contributed by atoms with Crippen LogP contribution in [0.15, 0.2) is 60.9 Å². The van der Waals surface area contributed by atoms with Gasteiger partial charge in [0.2, 0.25) is 0 Å². The highest BCUT2D eigenvalue weighted by atomic mass is 16.5. The molecular weight excluding hydrogens is 378 g/mol. The van der Waals surface area contributed by atoms with Gasteiger partial charge in [0.05, 0.1) is 11.3 Å². The van der Waals surface area contributed by atoms with Gasteiger partial charge in [0, 0.05) is 24.7 Å². The largest absolute Gasteiger partial charge is 0.457 e. The zero-order valence-corrected chi connectivity index (χ0v) is 16.2. The van der Waals surface area contributed by atoms with Gasteiger partial charge in [-0.2, -0.15) is 5.26 Å². The highest BCUT2D eigenvalue weighted by molar-refractivity contribution is 6.16. The second kappa shape index (κ2) is 8.49. The smallest absolute Gasteiger partial charge is 0.179 e. The zero-order chi connectivity index (χ0) is 20.9. The van der Waals surface area contributed by atoms with Crippen molar-refractivity contribution >= 4 is 17.3 Å². The van der Waals surface area contributed by atoms with Crippen LogP contribution in [-0.2, 0) is 0 Å². The summed E-state index contributed by atoms with van der Waals surface area (Å²) in [5, 5.41) is 21.1. The SMILES string of the molecule is N#CN1CCC(Nc2ncnc(N)c2C(=N)c2ccc(Oc3ccccc3)cc2)C1. The lowest BCUT2D eigenvalue weighted by Gasteiger charge is -2.17. The maximum absolute atomic E-state index is 9.06. The van der Waals surface area contributed by atoms with Crippen molar-refractivity contribution in [2.45, 2.75) is 12.5 Å². The minimum Gasteiger partial charge on any atom is -0.457 e. The molecular formula is C22H21N7O. The van der Waals surface area contributed by atoms with E-state index >= 15 is 0 Å². The first kappa shape index (κ1) is 19.2. The average molecular weight is 399 g/mol. The van der Waals surface area contributed by atoms with E-state index in [1.165, 1.54) is 6.33 Å². The van der Waals surface area contributed by atoms with Gasteiger partial charge >= 0.3 is 0 Å². The van der Waals surface area contributed by atoms with Crippen molar-refractivity contribution in [3.63, 3.8) is 0 Å². The molecule has 0 bridgehead atoms. The van der Waals surface area contributed by atoms with Gasteiger partial charge < -0.3 is 20.7 Å². The first-order valence-electron chi connectivity index (χ1n) is 9.58. The molecule has 30 heavy (non-hydrogen) atoms. The van der Waals surface area contributed by atoms with Crippen LogP contribution in [0.2, 0.25) is 0 Å². The van der Waals surface area contributed by atoms with Crippen LogP contribution in [-0.4, -0.2) is 39.7 Å². The first-order chi connectivity index (χ1) is 14.6. The van der Waals surface area contributed by atoms with Crippen LogP contribution >= 0.6 is 0 Å². The molecule has 0 saturated carbocycles. The highest BCUT2D eigenvalue weighted by Gasteiger charge is 2.24. The number of nitrogen functional groups attached to an aromatic ring is 1. The van der Waals surface area contributed by atoms with Gasteiger partial charge in [-0.15, -0.1) is 0 Å². The number of nitrogens with zero attached hydrogens (tertiary/aromatic N) is 4. The molecule has 4 rings (SSSR count). The molecule has 3 aromatic rings. The van der Waals surface area contributed by atoms with Crippen molar-refractivity contribution in [2.24, 2.45) is 0 Å².